The van der Waals surface area contributed by atoms with E-state index in [1.54, 1.807) is 0 Å². The molecule has 0 aromatic heterocycles. The monoisotopic (exact) mass is 220 g/mol. The Balaban J connectivity index is 2.27. The molecule has 0 radical (unpaired) electrons. The summed E-state index contributed by atoms with van der Waals surface area (Å²) in [7, 11) is 0. The molecule has 1 aromatic rings. The van der Waals surface area contributed by atoms with Crippen molar-refractivity contribution in [1.29, 1.82) is 0 Å². The Bertz CT molecular complexity index is 413. The number of ether oxygens (including phenoxy) is 2. The summed E-state index contributed by atoms with van der Waals surface area (Å²) in [6.45, 7) is 1.74. The quantitative estimate of drug-likeness (QED) is 0.570. The fourth-order valence-electron chi connectivity index (χ4n) is 2.03. The third kappa shape index (κ3) is 1.91. The van der Waals surface area contributed by atoms with Crippen molar-refractivity contribution in [3.8, 4) is 0 Å². The van der Waals surface area contributed by atoms with E-state index in [-0.39, 0.29) is 5.97 Å². The molecule has 1 aliphatic carbocycles. The molecule has 0 amide bonds. The lowest BCUT2D eigenvalue weighted by atomic mass is 10.1. The molecular weight excluding hydrogens is 208 g/mol. The first-order valence-corrected chi connectivity index (χ1v) is 5.06. The smallest absolute Gasteiger partial charge is 0.303 e. The van der Waals surface area contributed by atoms with Gasteiger partial charge in [-0.2, -0.15) is 0 Å². The van der Waals surface area contributed by atoms with E-state index in [0.29, 0.717) is 12.9 Å². The lowest BCUT2D eigenvalue weighted by Gasteiger charge is -2.18. The van der Waals surface area contributed by atoms with E-state index in [1.165, 1.54) is 6.92 Å². The molecule has 4 nitrogen and oxygen atoms in total. The van der Waals surface area contributed by atoms with E-state index in [2.05, 4.69) is 0 Å². The SMILES string of the molecule is CC(=O)O[C@H]1c2ccccc2C[C@@H]1OC=O. The summed E-state index contributed by atoms with van der Waals surface area (Å²) in [6.07, 6.45) is -0.287. The minimum absolute atomic E-state index is 0.374. The first-order chi connectivity index (χ1) is 7.72. The number of rotatable bonds is 3. The molecular formula is C12H12O4. The molecule has 0 fully saturated rings. The van der Waals surface area contributed by atoms with Crippen LogP contribution in [-0.4, -0.2) is 18.5 Å². The van der Waals surface area contributed by atoms with Gasteiger partial charge < -0.3 is 9.47 Å². The van der Waals surface area contributed by atoms with Gasteiger partial charge in [-0.05, 0) is 11.1 Å². The van der Waals surface area contributed by atoms with Crippen LogP contribution in [0.5, 0.6) is 0 Å². The Labute approximate surface area is 93.2 Å². The highest BCUT2D eigenvalue weighted by molar-refractivity contribution is 5.66. The summed E-state index contributed by atoms with van der Waals surface area (Å²) in [5.74, 6) is -0.374. The summed E-state index contributed by atoms with van der Waals surface area (Å²) in [4.78, 5) is 21.4. The molecule has 0 heterocycles. The van der Waals surface area contributed by atoms with E-state index in [0.717, 1.165) is 11.1 Å². The van der Waals surface area contributed by atoms with Gasteiger partial charge in [-0.25, -0.2) is 0 Å². The predicted molar refractivity (Wildman–Crippen MR) is 55.6 cm³/mol. The van der Waals surface area contributed by atoms with Gasteiger partial charge in [0.15, 0.2) is 6.10 Å². The molecule has 0 spiro atoms. The molecule has 1 aliphatic rings. The van der Waals surface area contributed by atoms with Gasteiger partial charge in [0, 0.05) is 13.3 Å². The van der Waals surface area contributed by atoms with E-state index in [9.17, 15) is 9.59 Å². The van der Waals surface area contributed by atoms with Crippen LogP contribution in [-0.2, 0) is 25.5 Å². The van der Waals surface area contributed by atoms with Crippen molar-refractivity contribution in [1.82, 2.24) is 0 Å². The summed E-state index contributed by atoms with van der Waals surface area (Å²) in [6, 6.07) is 7.61. The Hall–Kier alpha value is -1.84. The van der Waals surface area contributed by atoms with Crippen molar-refractivity contribution in [2.75, 3.05) is 0 Å². The number of carbonyl (C=O) groups is 2. The maximum atomic E-state index is 11.0. The normalized spacial score (nSPS) is 22.3. The van der Waals surface area contributed by atoms with Crippen LogP contribution in [0, 0.1) is 0 Å². The van der Waals surface area contributed by atoms with Crippen molar-refractivity contribution in [3.63, 3.8) is 0 Å². The van der Waals surface area contributed by atoms with Crippen LogP contribution in [0.1, 0.15) is 24.2 Å². The molecule has 0 saturated carbocycles. The highest BCUT2D eigenvalue weighted by atomic mass is 16.6. The first kappa shape index (κ1) is 10.7. The van der Waals surface area contributed by atoms with Crippen LogP contribution < -0.4 is 0 Å². The third-order valence-corrected chi connectivity index (χ3v) is 2.64. The number of carbonyl (C=O) groups excluding carboxylic acids is 2. The van der Waals surface area contributed by atoms with Gasteiger partial charge in [-0.3, -0.25) is 9.59 Å². The fraction of sp³-hybridized carbons (Fsp3) is 0.333. The minimum atomic E-state index is -0.473. The fourth-order valence-corrected chi connectivity index (χ4v) is 2.03. The van der Waals surface area contributed by atoms with Gasteiger partial charge >= 0.3 is 5.97 Å². The number of benzene rings is 1. The second kappa shape index (κ2) is 4.35. The van der Waals surface area contributed by atoms with Crippen molar-refractivity contribution >= 4 is 12.4 Å². The van der Waals surface area contributed by atoms with Crippen molar-refractivity contribution in [2.24, 2.45) is 0 Å². The molecule has 2 rings (SSSR count). The molecule has 0 aliphatic heterocycles. The van der Waals surface area contributed by atoms with Crippen LogP contribution in [0.25, 0.3) is 0 Å². The number of hydrogen-bond donors (Lipinski definition) is 0. The van der Waals surface area contributed by atoms with Crippen molar-refractivity contribution in [3.05, 3.63) is 35.4 Å². The Morgan fingerprint density at radius 2 is 2.19 bits per heavy atom. The number of hydrogen-bond acceptors (Lipinski definition) is 4. The van der Waals surface area contributed by atoms with Gasteiger partial charge in [0.1, 0.15) is 6.10 Å². The predicted octanol–water partition coefficient (Wildman–Crippen LogP) is 1.39. The van der Waals surface area contributed by atoms with Crippen LogP contribution in [0.3, 0.4) is 0 Å². The topological polar surface area (TPSA) is 52.6 Å². The Kier molecular flexibility index (Phi) is 2.90. The second-order valence-corrected chi connectivity index (χ2v) is 3.70. The second-order valence-electron chi connectivity index (χ2n) is 3.70. The molecule has 1 aromatic carbocycles. The lowest BCUT2D eigenvalue weighted by molar-refractivity contribution is -0.158. The van der Waals surface area contributed by atoms with Gasteiger partial charge in [-0.15, -0.1) is 0 Å². The molecule has 4 heteroatoms. The highest BCUT2D eigenvalue weighted by Gasteiger charge is 2.35. The average Bonchev–Trinajstić information content (AvgIpc) is 2.57. The standard InChI is InChI=1S/C12H12O4/c1-8(14)16-12-10-5-3-2-4-9(10)6-11(12)15-7-13/h2-5,7,11-12H,6H2,1H3/t11-,12-/m0/s1. The van der Waals surface area contributed by atoms with Gasteiger partial charge in [0.2, 0.25) is 0 Å². The summed E-state index contributed by atoms with van der Waals surface area (Å²) in [5.41, 5.74) is 1.98. The van der Waals surface area contributed by atoms with Gasteiger partial charge in [0.05, 0.1) is 0 Å². The van der Waals surface area contributed by atoms with Gasteiger partial charge in [-0.1, -0.05) is 24.3 Å². The Morgan fingerprint density at radius 1 is 1.44 bits per heavy atom. The molecule has 0 bridgehead atoms. The average molecular weight is 220 g/mol. The molecule has 0 saturated heterocycles. The molecule has 0 unspecified atom stereocenters. The third-order valence-electron chi connectivity index (χ3n) is 2.64. The summed E-state index contributed by atoms with van der Waals surface area (Å²) >= 11 is 0. The summed E-state index contributed by atoms with van der Waals surface area (Å²) in [5, 5.41) is 0. The maximum Gasteiger partial charge on any atom is 0.303 e. The number of fused-ring (bicyclic) bond motifs is 1. The van der Waals surface area contributed by atoms with Crippen LogP contribution in [0.15, 0.2) is 24.3 Å². The van der Waals surface area contributed by atoms with E-state index in [4.69, 9.17) is 9.47 Å². The van der Waals surface area contributed by atoms with E-state index < -0.39 is 12.2 Å². The van der Waals surface area contributed by atoms with Crippen LogP contribution in [0.2, 0.25) is 0 Å². The van der Waals surface area contributed by atoms with Crippen molar-refractivity contribution in [2.45, 2.75) is 25.6 Å². The summed E-state index contributed by atoms with van der Waals surface area (Å²) < 4.78 is 10.1. The van der Waals surface area contributed by atoms with Crippen LogP contribution in [0.4, 0.5) is 0 Å². The number of esters is 1. The molecule has 16 heavy (non-hydrogen) atoms. The molecule has 84 valence electrons. The first-order valence-electron chi connectivity index (χ1n) is 5.06. The molecule has 2 atom stereocenters. The zero-order valence-corrected chi connectivity index (χ0v) is 8.88. The lowest BCUT2D eigenvalue weighted by Crippen LogP contribution is -2.22. The van der Waals surface area contributed by atoms with E-state index >= 15 is 0 Å². The maximum absolute atomic E-state index is 11.0. The zero-order valence-electron chi connectivity index (χ0n) is 8.88. The Morgan fingerprint density at radius 3 is 2.88 bits per heavy atom. The van der Waals surface area contributed by atoms with E-state index in [1.807, 2.05) is 24.3 Å². The molecule has 0 N–H and O–H groups in total. The van der Waals surface area contributed by atoms with Crippen molar-refractivity contribution < 1.29 is 19.1 Å². The van der Waals surface area contributed by atoms with Gasteiger partial charge in [0.25, 0.3) is 6.47 Å². The minimum Gasteiger partial charge on any atom is -0.460 e. The zero-order chi connectivity index (χ0) is 11.5. The largest absolute Gasteiger partial charge is 0.460 e. The van der Waals surface area contributed by atoms with Crippen LogP contribution >= 0.6 is 0 Å². The highest BCUT2D eigenvalue weighted by Crippen LogP contribution is 2.35.